The maximum Gasteiger partial charge on any atom is 0.413 e. The average Bonchev–Trinajstić information content (AvgIpc) is 3.13. The second kappa shape index (κ2) is 8.75. The minimum Gasteiger partial charge on any atom is -0.497 e. The van der Waals surface area contributed by atoms with Crippen molar-refractivity contribution in [3.63, 3.8) is 0 Å². The molecule has 3 rings (SSSR count). The van der Waals surface area contributed by atoms with Crippen LogP contribution in [0, 0.1) is 0 Å². The van der Waals surface area contributed by atoms with Crippen LogP contribution in [0.15, 0.2) is 54.6 Å². The Bertz CT molecular complexity index is 875. The van der Waals surface area contributed by atoms with Crippen molar-refractivity contribution < 1.29 is 28.5 Å². The summed E-state index contributed by atoms with van der Waals surface area (Å²) in [5, 5.41) is 0. The molecule has 7 nitrogen and oxygen atoms in total. The van der Waals surface area contributed by atoms with E-state index in [-0.39, 0.29) is 0 Å². The lowest BCUT2D eigenvalue weighted by Gasteiger charge is -2.31. The van der Waals surface area contributed by atoms with E-state index in [1.54, 1.807) is 52.1 Å². The molecule has 7 heteroatoms. The van der Waals surface area contributed by atoms with Crippen molar-refractivity contribution in [2.24, 2.45) is 0 Å². The highest BCUT2D eigenvalue weighted by molar-refractivity contribution is 5.79. The standard InChI is InChI=1S/C23H27NO6/c1-23(2,3)30-22(26)24-18(15-9-7-6-8-10-15)19(21(25)28-5)29-20(24)16-11-13-17(27-4)14-12-16/h6-14,18-20H,1-5H3/t18-,19+,20+/m0/s1. The number of hydrogen-bond acceptors (Lipinski definition) is 6. The summed E-state index contributed by atoms with van der Waals surface area (Å²) in [6, 6.07) is 15.7. The van der Waals surface area contributed by atoms with Gasteiger partial charge in [0.25, 0.3) is 0 Å². The highest BCUT2D eigenvalue weighted by Crippen LogP contribution is 2.44. The summed E-state index contributed by atoms with van der Waals surface area (Å²) in [6.07, 6.45) is -2.42. The number of carbonyl (C=O) groups is 2. The third-order valence-corrected chi connectivity index (χ3v) is 4.69. The average molecular weight is 413 g/mol. The molecule has 1 fully saturated rings. The van der Waals surface area contributed by atoms with E-state index in [0.717, 1.165) is 5.56 Å². The van der Waals surface area contributed by atoms with Gasteiger partial charge in [0, 0.05) is 5.56 Å². The number of nitrogens with zero attached hydrogens (tertiary/aromatic N) is 1. The van der Waals surface area contributed by atoms with Crippen LogP contribution in [0.3, 0.4) is 0 Å². The molecule has 0 unspecified atom stereocenters. The Morgan fingerprint density at radius 2 is 1.57 bits per heavy atom. The minimum absolute atomic E-state index is 0.562. The fourth-order valence-corrected chi connectivity index (χ4v) is 3.39. The molecule has 0 radical (unpaired) electrons. The summed E-state index contributed by atoms with van der Waals surface area (Å²) in [6.45, 7) is 5.37. The van der Waals surface area contributed by atoms with Crippen molar-refractivity contribution in [2.75, 3.05) is 14.2 Å². The number of esters is 1. The van der Waals surface area contributed by atoms with Gasteiger partial charge >= 0.3 is 12.1 Å². The van der Waals surface area contributed by atoms with E-state index in [2.05, 4.69) is 0 Å². The molecule has 1 heterocycles. The predicted molar refractivity (Wildman–Crippen MR) is 110 cm³/mol. The molecule has 1 amide bonds. The molecule has 160 valence electrons. The summed E-state index contributed by atoms with van der Waals surface area (Å²) in [5.74, 6) is 0.109. The van der Waals surface area contributed by atoms with Gasteiger partial charge in [0.05, 0.1) is 14.2 Å². The zero-order valence-corrected chi connectivity index (χ0v) is 17.8. The fourth-order valence-electron chi connectivity index (χ4n) is 3.39. The van der Waals surface area contributed by atoms with Crippen LogP contribution in [0.25, 0.3) is 0 Å². The van der Waals surface area contributed by atoms with E-state index in [4.69, 9.17) is 18.9 Å². The highest BCUT2D eigenvalue weighted by atomic mass is 16.6. The lowest BCUT2D eigenvalue weighted by molar-refractivity contribution is -0.154. The zero-order chi connectivity index (χ0) is 21.9. The zero-order valence-electron chi connectivity index (χ0n) is 17.8. The summed E-state index contributed by atoms with van der Waals surface area (Å²) >= 11 is 0. The molecule has 0 aromatic heterocycles. The molecule has 1 aliphatic rings. The van der Waals surface area contributed by atoms with Crippen LogP contribution in [0.2, 0.25) is 0 Å². The van der Waals surface area contributed by atoms with Crippen LogP contribution < -0.4 is 4.74 Å². The molecule has 3 atom stereocenters. The number of ether oxygens (including phenoxy) is 4. The molecule has 1 saturated heterocycles. The molecule has 0 bridgehead atoms. The number of hydrogen-bond donors (Lipinski definition) is 0. The first kappa shape index (κ1) is 21.6. The van der Waals surface area contributed by atoms with Gasteiger partial charge in [0.15, 0.2) is 12.3 Å². The second-order valence-electron chi connectivity index (χ2n) is 7.95. The Kier molecular flexibility index (Phi) is 6.31. The number of methoxy groups -OCH3 is 2. The summed E-state index contributed by atoms with van der Waals surface area (Å²) < 4.78 is 22.0. The SMILES string of the molecule is COC(=O)[C@@H]1O[C@H](c2ccc(OC)cc2)N(C(=O)OC(C)(C)C)[C@H]1c1ccccc1. The van der Waals surface area contributed by atoms with Crippen LogP contribution in [0.5, 0.6) is 5.75 Å². The van der Waals surface area contributed by atoms with Gasteiger partial charge in [-0.3, -0.25) is 4.90 Å². The number of rotatable bonds is 4. The Labute approximate surface area is 176 Å². The summed E-state index contributed by atoms with van der Waals surface area (Å²) in [5.41, 5.74) is 0.718. The van der Waals surface area contributed by atoms with Crippen LogP contribution in [-0.4, -0.2) is 42.9 Å². The van der Waals surface area contributed by atoms with Crippen LogP contribution in [0.1, 0.15) is 44.2 Å². The molecule has 0 saturated carbocycles. The van der Waals surface area contributed by atoms with Crippen molar-refractivity contribution in [3.05, 3.63) is 65.7 Å². The fraction of sp³-hybridized carbons (Fsp3) is 0.391. The lowest BCUT2D eigenvalue weighted by atomic mass is 10.0. The van der Waals surface area contributed by atoms with Crippen LogP contribution in [0.4, 0.5) is 4.79 Å². The largest absolute Gasteiger partial charge is 0.497 e. The Morgan fingerprint density at radius 3 is 2.10 bits per heavy atom. The van der Waals surface area contributed by atoms with E-state index in [1.165, 1.54) is 12.0 Å². The third-order valence-electron chi connectivity index (χ3n) is 4.69. The quantitative estimate of drug-likeness (QED) is 0.698. The first-order valence-electron chi connectivity index (χ1n) is 9.68. The number of carbonyl (C=O) groups excluding carboxylic acids is 2. The summed E-state index contributed by atoms with van der Waals surface area (Å²) in [4.78, 5) is 27.3. The van der Waals surface area contributed by atoms with Crippen LogP contribution >= 0.6 is 0 Å². The molecule has 0 N–H and O–H groups in total. The van der Waals surface area contributed by atoms with E-state index in [0.29, 0.717) is 11.3 Å². The topological polar surface area (TPSA) is 74.3 Å². The smallest absolute Gasteiger partial charge is 0.413 e. The van der Waals surface area contributed by atoms with E-state index in [1.807, 2.05) is 30.3 Å². The first-order chi connectivity index (χ1) is 14.2. The molecular weight excluding hydrogens is 386 g/mol. The van der Waals surface area contributed by atoms with Gasteiger partial charge in [-0.2, -0.15) is 0 Å². The van der Waals surface area contributed by atoms with Crippen molar-refractivity contribution >= 4 is 12.1 Å². The maximum atomic E-state index is 13.3. The molecule has 1 aliphatic heterocycles. The molecule has 30 heavy (non-hydrogen) atoms. The van der Waals surface area contributed by atoms with E-state index >= 15 is 0 Å². The van der Waals surface area contributed by atoms with Gasteiger partial charge in [-0.15, -0.1) is 0 Å². The van der Waals surface area contributed by atoms with Gasteiger partial charge in [-0.05, 0) is 38.5 Å². The van der Waals surface area contributed by atoms with Gasteiger partial charge in [-0.1, -0.05) is 42.5 Å². The maximum absolute atomic E-state index is 13.3. The molecule has 0 spiro atoms. The number of amides is 1. The van der Waals surface area contributed by atoms with Gasteiger partial charge in [-0.25, -0.2) is 9.59 Å². The normalized spacial score (nSPS) is 21.2. The predicted octanol–water partition coefficient (Wildman–Crippen LogP) is 4.24. The van der Waals surface area contributed by atoms with E-state index in [9.17, 15) is 9.59 Å². The molecule has 0 aliphatic carbocycles. The van der Waals surface area contributed by atoms with Gasteiger partial charge in [0.2, 0.25) is 0 Å². The summed E-state index contributed by atoms with van der Waals surface area (Å²) in [7, 11) is 2.87. The Balaban J connectivity index is 2.09. The molecular formula is C23H27NO6. The third kappa shape index (κ3) is 4.57. The van der Waals surface area contributed by atoms with E-state index < -0.39 is 36.0 Å². The molecule has 2 aromatic rings. The minimum atomic E-state index is -1.00. The molecule has 2 aromatic carbocycles. The van der Waals surface area contributed by atoms with Crippen molar-refractivity contribution in [1.29, 1.82) is 0 Å². The number of benzene rings is 2. The first-order valence-corrected chi connectivity index (χ1v) is 9.68. The van der Waals surface area contributed by atoms with Crippen LogP contribution in [-0.2, 0) is 19.0 Å². The van der Waals surface area contributed by atoms with Crippen molar-refractivity contribution in [1.82, 2.24) is 4.90 Å². The highest BCUT2D eigenvalue weighted by Gasteiger charge is 2.51. The van der Waals surface area contributed by atoms with Gasteiger partial charge < -0.3 is 18.9 Å². The van der Waals surface area contributed by atoms with Crippen molar-refractivity contribution in [2.45, 2.75) is 44.7 Å². The Morgan fingerprint density at radius 1 is 0.933 bits per heavy atom. The lowest BCUT2D eigenvalue weighted by Crippen LogP contribution is -2.40. The monoisotopic (exact) mass is 413 g/mol. The van der Waals surface area contributed by atoms with Gasteiger partial charge in [0.1, 0.15) is 17.4 Å². The Hall–Kier alpha value is -3.06. The van der Waals surface area contributed by atoms with Crippen molar-refractivity contribution in [3.8, 4) is 5.75 Å². The second-order valence-corrected chi connectivity index (χ2v) is 7.95.